The molecule has 4 rings (SSSR count). The second-order valence-electron chi connectivity index (χ2n) is 9.05. The van der Waals surface area contributed by atoms with E-state index < -0.39 is 23.6 Å². The van der Waals surface area contributed by atoms with Crippen LogP contribution in [-0.2, 0) is 25.5 Å². The number of carbonyl (C=O) groups excluding carboxylic acids is 6. The lowest BCUT2D eigenvalue weighted by Gasteiger charge is -2.27. The Kier molecular flexibility index (Phi) is 7.19. The van der Waals surface area contributed by atoms with Crippen LogP contribution in [0, 0.1) is 0 Å². The molecule has 1 aromatic carbocycles. The van der Waals surface area contributed by atoms with E-state index in [1.807, 2.05) is 0 Å². The Hall–Kier alpha value is -3.36. The number of hydrogen-bond donors (Lipinski definition) is 0. The van der Waals surface area contributed by atoms with Gasteiger partial charge in [0.15, 0.2) is 5.78 Å². The highest BCUT2D eigenvalue weighted by molar-refractivity contribution is 6.23. The largest absolute Gasteiger partial charge is 0.448 e. The summed E-state index contributed by atoms with van der Waals surface area (Å²) in [6, 6.07) is 4.07. The predicted molar refractivity (Wildman–Crippen MR) is 119 cm³/mol. The molecule has 0 aromatic heterocycles. The zero-order valence-corrected chi connectivity index (χ0v) is 19.0. The number of ether oxygens (including phenoxy) is 1. The van der Waals surface area contributed by atoms with Gasteiger partial charge in [0.1, 0.15) is 18.2 Å². The minimum absolute atomic E-state index is 0.127. The molecular weight excluding hydrogens is 440 g/mol. The van der Waals surface area contributed by atoms with Crippen LogP contribution in [0.2, 0.25) is 0 Å². The summed E-state index contributed by atoms with van der Waals surface area (Å²) in [4.78, 5) is 75.8. The molecule has 2 fully saturated rings. The van der Waals surface area contributed by atoms with E-state index in [0.717, 1.165) is 29.7 Å². The van der Waals surface area contributed by atoms with Crippen LogP contribution in [0.3, 0.4) is 0 Å². The van der Waals surface area contributed by atoms with Crippen molar-refractivity contribution in [2.45, 2.75) is 63.8 Å². The van der Waals surface area contributed by atoms with E-state index in [0.29, 0.717) is 39.0 Å². The number of hydrogen-bond acceptors (Lipinski definition) is 7. The molecular formula is C25H28N2O7. The van der Waals surface area contributed by atoms with Gasteiger partial charge < -0.3 is 9.64 Å². The fourth-order valence-electron chi connectivity index (χ4n) is 4.72. The Morgan fingerprint density at radius 2 is 1.76 bits per heavy atom. The van der Waals surface area contributed by atoms with E-state index >= 15 is 0 Å². The third kappa shape index (κ3) is 5.08. The summed E-state index contributed by atoms with van der Waals surface area (Å²) in [6.07, 6.45) is 3.55. The van der Waals surface area contributed by atoms with Gasteiger partial charge in [0.25, 0.3) is 11.8 Å². The van der Waals surface area contributed by atoms with Crippen molar-refractivity contribution in [2.75, 3.05) is 19.7 Å². The van der Waals surface area contributed by atoms with E-state index in [9.17, 15) is 28.8 Å². The predicted octanol–water partition coefficient (Wildman–Crippen LogP) is 2.49. The molecule has 1 saturated carbocycles. The van der Waals surface area contributed by atoms with Crippen molar-refractivity contribution in [2.24, 2.45) is 0 Å². The van der Waals surface area contributed by atoms with E-state index in [2.05, 4.69) is 0 Å². The number of cyclic esters (lactones) is 1. The normalized spacial score (nSPS) is 20.2. The highest BCUT2D eigenvalue weighted by Crippen LogP contribution is 2.30. The van der Waals surface area contributed by atoms with Gasteiger partial charge in [-0.25, -0.2) is 4.79 Å². The summed E-state index contributed by atoms with van der Waals surface area (Å²) in [5.41, 5.74) is 1.29. The highest BCUT2D eigenvalue weighted by Gasteiger charge is 2.44. The van der Waals surface area contributed by atoms with Crippen molar-refractivity contribution in [1.82, 2.24) is 9.80 Å². The third-order valence-corrected chi connectivity index (χ3v) is 6.65. The van der Waals surface area contributed by atoms with E-state index in [-0.39, 0.29) is 48.0 Å². The monoisotopic (exact) mass is 468 g/mol. The Labute approximate surface area is 197 Å². The molecule has 9 heteroatoms. The summed E-state index contributed by atoms with van der Waals surface area (Å²) in [7, 11) is 0. The van der Waals surface area contributed by atoms with Gasteiger partial charge in [-0.05, 0) is 43.4 Å². The number of ketones is 3. The van der Waals surface area contributed by atoms with Crippen LogP contribution in [0.15, 0.2) is 18.2 Å². The molecule has 3 aliphatic rings. The number of amides is 3. The lowest BCUT2D eigenvalue weighted by molar-refractivity contribution is -0.132. The number of rotatable bonds is 10. The number of imide groups is 1. The fourth-order valence-corrected chi connectivity index (χ4v) is 4.72. The number of carbonyl (C=O) groups is 6. The second-order valence-corrected chi connectivity index (χ2v) is 9.05. The molecule has 1 atom stereocenters. The van der Waals surface area contributed by atoms with E-state index in [4.69, 9.17) is 4.74 Å². The van der Waals surface area contributed by atoms with Crippen LogP contribution in [0.4, 0.5) is 4.79 Å². The van der Waals surface area contributed by atoms with Crippen molar-refractivity contribution in [3.63, 3.8) is 0 Å². The lowest BCUT2D eigenvalue weighted by Crippen LogP contribution is -2.47. The van der Waals surface area contributed by atoms with Crippen molar-refractivity contribution < 1.29 is 33.5 Å². The second kappa shape index (κ2) is 10.3. The molecule has 1 aliphatic carbocycles. The van der Waals surface area contributed by atoms with Crippen molar-refractivity contribution in [3.8, 4) is 0 Å². The summed E-state index contributed by atoms with van der Waals surface area (Å²) in [5, 5.41) is 0. The van der Waals surface area contributed by atoms with Crippen LogP contribution < -0.4 is 0 Å². The molecule has 9 nitrogen and oxygen atoms in total. The first kappa shape index (κ1) is 23.8. The first-order valence-corrected chi connectivity index (χ1v) is 11.8. The Balaban J connectivity index is 1.25. The van der Waals surface area contributed by atoms with Gasteiger partial charge in [0, 0.05) is 25.8 Å². The maximum atomic E-state index is 12.9. The van der Waals surface area contributed by atoms with Gasteiger partial charge in [-0.1, -0.05) is 12.5 Å². The summed E-state index contributed by atoms with van der Waals surface area (Å²) < 4.78 is 4.88. The first-order chi connectivity index (χ1) is 16.3. The van der Waals surface area contributed by atoms with Gasteiger partial charge in [0.2, 0.25) is 0 Å². The SMILES string of the molecule is O=C(CCCCCN1CCOC1=O)CCc1ccc2c(c1)C(=O)N(C1CCC(=O)CC1=O)C2=O. The van der Waals surface area contributed by atoms with E-state index in [1.165, 1.54) is 0 Å². The number of fused-ring (bicyclic) bond motifs is 1. The third-order valence-electron chi connectivity index (χ3n) is 6.65. The van der Waals surface area contributed by atoms with Gasteiger partial charge in [-0.15, -0.1) is 0 Å². The molecule has 3 amide bonds. The van der Waals surface area contributed by atoms with Crippen molar-refractivity contribution in [1.29, 1.82) is 0 Å². The molecule has 0 bridgehead atoms. The number of Topliss-reactive ketones (excluding diaryl/α,β-unsaturated/α-hetero) is 3. The standard InChI is InChI=1S/C25H28N2O7/c28-17(4-2-1-3-11-26-12-13-34-25(26)33)7-5-16-6-9-19-20(14-16)24(32)27(23(19)31)21-10-8-18(29)15-22(21)30/h6,9,14,21H,1-5,7-8,10-13,15H2. The Morgan fingerprint density at radius 1 is 0.971 bits per heavy atom. The quantitative estimate of drug-likeness (QED) is 0.294. The molecule has 2 heterocycles. The molecule has 1 aromatic rings. The smallest absolute Gasteiger partial charge is 0.409 e. The van der Waals surface area contributed by atoms with Crippen molar-refractivity contribution in [3.05, 3.63) is 34.9 Å². The topological polar surface area (TPSA) is 118 Å². The molecule has 2 aliphatic heterocycles. The maximum absolute atomic E-state index is 12.9. The molecule has 0 spiro atoms. The summed E-state index contributed by atoms with van der Waals surface area (Å²) in [5.74, 6) is -1.44. The van der Waals surface area contributed by atoms with Gasteiger partial charge >= 0.3 is 6.09 Å². The van der Waals surface area contributed by atoms with Crippen LogP contribution in [0.1, 0.15) is 77.6 Å². The van der Waals surface area contributed by atoms with Gasteiger partial charge in [-0.2, -0.15) is 0 Å². The molecule has 1 unspecified atom stereocenters. The Bertz CT molecular complexity index is 1050. The van der Waals surface area contributed by atoms with Crippen molar-refractivity contribution >= 4 is 35.3 Å². The van der Waals surface area contributed by atoms with Crippen LogP contribution in [0.25, 0.3) is 0 Å². The lowest BCUT2D eigenvalue weighted by atomic mass is 9.92. The minimum Gasteiger partial charge on any atom is -0.448 e. The Morgan fingerprint density at radius 3 is 2.50 bits per heavy atom. The number of benzene rings is 1. The first-order valence-electron chi connectivity index (χ1n) is 11.8. The highest BCUT2D eigenvalue weighted by atomic mass is 16.6. The summed E-state index contributed by atoms with van der Waals surface area (Å²) >= 11 is 0. The zero-order chi connectivity index (χ0) is 24.2. The van der Waals surface area contributed by atoms with Crippen LogP contribution >= 0.6 is 0 Å². The average molecular weight is 469 g/mol. The molecule has 0 radical (unpaired) electrons. The fraction of sp³-hybridized carbons (Fsp3) is 0.520. The van der Waals surface area contributed by atoms with Gasteiger partial charge in [0.05, 0.1) is 30.1 Å². The molecule has 180 valence electrons. The molecule has 1 saturated heterocycles. The zero-order valence-electron chi connectivity index (χ0n) is 19.0. The average Bonchev–Trinajstić information content (AvgIpc) is 3.33. The molecule has 34 heavy (non-hydrogen) atoms. The number of aryl methyl sites for hydroxylation is 1. The maximum Gasteiger partial charge on any atom is 0.409 e. The van der Waals surface area contributed by atoms with Crippen LogP contribution in [0.5, 0.6) is 0 Å². The van der Waals surface area contributed by atoms with E-state index in [1.54, 1.807) is 23.1 Å². The minimum atomic E-state index is -0.883. The number of unbranched alkanes of at least 4 members (excludes halogenated alkanes) is 2. The molecule has 0 N–H and O–H groups in total. The summed E-state index contributed by atoms with van der Waals surface area (Å²) in [6.45, 7) is 1.72. The van der Waals surface area contributed by atoms with Gasteiger partial charge in [-0.3, -0.25) is 28.9 Å². The number of nitrogens with zero attached hydrogens (tertiary/aromatic N) is 2. The van der Waals surface area contributed by atoms with Crippen LogP contribution in [-0.4, -0.2) is 70.8 Å².